The highest BCUT2D eigenvalue weighted by Gasteiger charge is 2.06. The smallest absolute Gasteiger partial charge is 0.00812 e. The summed E-state index contributed by atoms with van der Waals surface area (Å²) in [5.41, 5.74) is 4.35. The zero-order valence-corrected chi connectivity index (χ0v) is 13.5. The van der Waals surface area contributed by atoms with E-state index in [9.17, 15) is 0 Å². The van der Waals surface area contributed by atoms with Crippen molar-refractivity contribution in [2.75, 3.05) is 0 Å². The van der Waals surface area contributed by atoms with Gasteiger partial charge >= 0.3 is 0 Å². The molecule has 1 rings (SSSR count). The SMILES string of the molecule is C=CC(C)/C=C\C1=C(C)CCC=C1C.CC.CC. The summed E-state index contributed by atoms with van der Waals surface area (Å²) in [5, 5.41) is 0. The average Bonchev–Trinajstić information content (AvgIpc) is 2.42. The molecule has 0 aromatic carbocycles. The summed E-state index contributed by atoms with van der Waals surface area (Å²) >= 11 is 0. The molecule has 0 bridgehead atoms. The van der Waals surface area contributed by atoms with Gasteiger partial charge in [-0.25, -0.2) is 0 Å². The third kappa shape index (κ3) is 7.32. The molecule has 104 valence electrons. The van der Waals surface area contributed by atoms with E-state index in [0.29, 0.717) is 5.92 Å². The first-order chi connectivity index (χ1) is 8.65. The molecule has 0 saturated carbocycles. The van der Waals surface area contributed by atoms with Crippen LogP contribution < -0.4 is 0 Å². The molecule has 0 radical (unpaired) electrons. The number of allylic oxidation sites excluding steroid dienone is 7. The fourth-order valence-corrected chi connectivity index (χ4v) is 1.69. The fourth-order valence-electron chi connectivity index (χ4n) is 1.69. The van der Waals surface area contributed by atoms with Crippen molar-refractivity contribution in [3.8, 4) is 0 Å². The molecule has 0 aromatic rings. The molecule has 0 aliphatic heterocycles. The fraction of sp³-hybridized carbons (Fsp3) is 0.556. The van der Waals surface area contributed by atoms with Crippen LogP contribution in [0.5, 0.6) is 0 Å². The van der Waals surface area contributed by atoms with Crippen molar-refractivity contribution in [1.82, 2.24) is 0 Å². The second-order valence-corrected chi connectivity index (χ2v) is 4.07. The maximum atomic E-state index is 3.78. The maximum absolute atomic E-state index is 3.78. The van der Waals surface area contributed by atoms with Crippen LogP contribution >= 0.6 is 0 Å². The molecular weight excluding hydrogens is 216 g/mol. The van der Waals surface area contributed by atoms with Crippen molar-refractivity contribution < 1.29 is 0 Å². The molecule has 0 fully saturated rings. The van der Waals surface area contributed by atoms with Gasteiger partial charge in [-0.05, 0) is 43.8 Å². The third-order valence-electron chi connectivity index (χ3n) is 2.79. The second kappa shape index (κ2) is 12.4. The molecule has 0 heteroatoms. The van der Waals surface area contributed by atoms with Crippen LogP contribution in [0.1, 0.15) is 61.3 Å². The minimum atomic E-state index is 0.463. The molecule has 0 spiro atoms. The van der Waals surface area contributed by atoms with Crippen LogP contribution in [0.25, 0.3) is 0 Å². The van der Waals surface area contributed by atoms with Crippen LogP contribution in [0.3, 0.4) is 0 Å². The summed E-state index contributed by atoms with van der Waals surface area (Å²) in [7, 11) is 0. The average molecular weight is 248 g/mol. The summed E-state index contributed by atoms with van der Waals surface area (Å²) in [4.78, 5) is 0. The van der Waals surface area contributed by atoms with E-state index >= 15 is 0 Å². The highest BCUT2D eigenvalue weighted by Crippen LogP contribution is 2.25. The van der Waals surface area contributed by atoms with E-state index in [1.54, 1.807) is 0 Å². The van der Waals surface area contributed by atoms with Crippen molar-refractivity contribution in [2.45, 2.75) is 61.3 Å². The van der Waals surface area contributed by atoms with Crippen LogP contribution in [0.4, 0.5) is 0 Å². The van der Waals surface area contributed by atoms with Gasteiger partial charge in [-0.15, -0.1) is 6.58 Å². The molecule has 0 saturated heterocycles. The lowest BCUT2D eigenvalue weighted by molar-refractivity contribution is 0.917. The Labute approximate surface area is 115 Å². The van der Waals surface area contributed by atoms with Crippen molar-refractivity contribution >= 4 is 0 Å². The monoisotopic (exact) mass is 248 g/mol. The highest BCUT2D eigenvalue weighted by molar-refractivity contribution is 5.44. The van der Waals surface area contributed by atoms with Gasteiger partial charge in [0.1, 0.15) is 0 Å². The van der Waals surface area contributed by atoms with E-state index in [0.717, 1.165) is 0 Å². The van der Waals surface area contributed by atoms with Gasteiger partial charge in [0, 0.05) is 0 Å². The van der Waals surface area contributed by atoms with Gasteiger partial charge in [-0.1, -0.05) is 64.5 Å². The van der Waals surface area contributed by atoms with Crippen LogP contribution in [0.2, 0.25) is 0 Å². The van der Waals surface area contributed by atoms with Gasteiger partial charge in [0.05, 0.1) is 0 Å². The molecule has 1 aliphatic rings. The quantitative estimate of drug-likeness (QED) is 0.502. The zero-order chi connectivity index (χ0) is 14.6. The van der Waals surface area contributed by atoms with Crippen LogP contribution in [0.15, 0.2) is 47.6 Å². The Hall–Kier alpha value is -1.04. The van der Waals surface area contributed by atoms with E-state index in [2.05, 4.69) is 45.6 Å². The lowest BCUT2D eigenvalue weighted by Gasteiger charge is -2.14. The molecule has 0 aromatic heterocycles. The van der Waals surface area contributed by atoms with Crippen LogP contribution in [-0.4, -0.2) is 0 Å². The number of hydrogen-bond donors (Lipinski definition) is 0. The van der Waals surface area contributed by atoms with Crippen LogP contribution in [0, 0.1) is 5.92 Å². The lowest BCUT2D eigenvalue weighted by Crippen LogP contribution is -1.95. The van der Waals surface area contributed by atoms with Gasteiger partial charge in [0.2, 0.25) is 0 Å². The normalized spacial score (nSPS) is 16.1. The Morgan fingerprint density at radius 2 is 1.72 bits per heavy atom. The second-order valence-electron chi connectivity index (χ2n) is 4.07. The number of hydrogen-bond acceptors (Lipinski definition) is 0. The predicted octanol–water partition coefficient (Wildman–Crippen LogP) is 6.47. The Kier molecular flexibility index (Phi) is 13.3. The molecule has 0 amide bonds. The summed E-state index contributed by atoms with van der Waals surface area (Å²) < 4.78 is 0. The van der Waals surface area contributed by atoms with Gasteiger partial charge in [0.15, 0.2) is 0 Å². The van der Waals surface area contributed by atoms with Crippen molar-refractivity contribution in [2.24, 2.45) is 5.92 Å². The molecule has 0 N–H and O–H groups in total. The van der Waals surface area contributed by atoms with E-state index in [-0.39, 0.29) is 0 Å². The van der Waals surface area contributed by atoms with Gasteiger partial charge in [-0.3, -0.25) is 0 Å². The Balaban J connectivity index is 0. The first kappa shape index (κ1) is 19.3. The minimum Gasteiger partial charge on any atom is -0.102 e. The van der Waals surface area contributed by atoms with Crippen molar-refractivity contribution in [3.05, 3.63) is 47.6 Å². The lowest BCUT2D eigenvalue weighted by atomic mass is 9.92. The molecule has 1 aliphatic carbocycles. The Morgan fingerprint density at radius 1 is 1.17 bits per heavy atom. The third-order valence-corrected chi connectivity index (χ3v) is 2.79. The highest BCUT2D eigenvalue weighted by atomic mass is 14.1. The molecule has 0 heterocycles. The zero-order valence-electron chi connectivity index (χ0n) is 13.5. The maximum Gasteiger partial charge on any atom is -0.00812 e. The van der Waals surface area contributed by atoms with Gasteiger partial charge in [-0.2, -0.15) is 0 Å². The summed E-state index contributed by atoms with van der Waals surface area (Å²) in [6.45, 7) is 18.4. The minimum absolute atomic E-state index is 0.463. The Morgan fingerprint density at radius 3 is 2.17 bits per heavy atom. The Bertz CT molecular complexity index is 300. The summed E-state index contributed by atoms with van der Waals surface area (Å²) in [5.74, 6) is 0.463. The van der Waals surface area contributed by atoms with E-state index in [1.807, 2.05) is 33.8 Å². The molecule has 1 atom stereocenters. The topological polar surface area (TPSA) is 0 Å². The predicted molar refractivity (Wildman–Crippen MR) is 86.9 cm³/mol. The van der Waals surface area contributed by atoms with Gasteiger partial charge in [0.25, 0.3) is 0 Å². The molecule has 1 unspecified atom stereocenters. The summed E-state index contributed by atoms with van der Waals surface area (Å²) in [6.07, 6.45) is 11.2. The van der Waals surface area contributed by atoms with E-state index in [4.69, 9.17) is 0 Å². The molecular formula is C18H32. The van der Waals surface area contributed by atoms with Gasteiger partial charge < -0.3 is 0 Å². The standard InChI is InChI=1S/C14H20.2C2H6/c1-5-11(2)9-10-14-12(3)7-6-8-13(14)4;2*1-2/h5,7,9-11H,1,6,8H2,2-4H3;2*1-2H3/b10-9-;;. The summed E-state index contributed by atoms with van der Waals surface area (Å²) in [6, 6.07) is 0. The van der Waals surface area contributed by atoms with Crippen LogP contribution in [-0.2, 0) is 0 Å². The van der Waals surface area contributed by atoms with E-state index < -0.39 is 0 Å². The van der Waals surface area contributed by atoms with Crippen molar-refractivity contribution in [1.29, 1.82) is 0 Å². The van der Waals surface area contributed by atoms with Crippen molar-refractivity contribution in [3.63, 3.8) is 0 Å². The largest absolute Gasteiger partial charge is 0.102 e. The van der Waals surface area contributed by atoms with E-state index in [1.165, 1.54) is 29.6 Å². The number of rotatable bonds is 3. The molecule has 0 nitrogen and oxygen atoms in total. The molecule has 18 heavy (non-hydrogen) atoms. The first-order valence-corrected chi connectivity index (χ1v) is 7.32. The first-order valence-electron chi connectivity index (χ1n) is 7.32.